The van der Waals surface area contributed by atoms with Gasteiger partial charge in [0.05, 0.1) is 0 Å². The standard InChI is InChI=1S/C18H28N2.2ClH/c1-18(2)13-17(20-11-7-4-8-12-20)16(14-19-18)15-9-5-3-6-10-15;;/h3,5-6,9-10,16-17,19H,4,7-8,11-14H2,1-2H3;2*1H. The quantitative estimate of drug-likeness (QED) is 0.862. The molecular weight excluding hydrogens is 315 g/mol. The van der Waals surface area contributed by atoms with Crippen LogP contribution in [0.1, 0.15) is 51.0 Å². The van der Waals surface area contributed by atoms with Gasteiger partial charge < -0.3 is 5.32 Å². The summed E-state index contributed by atoms with van der Waals surface area (Å²) in [5.41, 5.74) is 1.78. The Morgan fingerprint density at radius 2 is 1.64 bits per heavy atom. The molecule has 2 atom stereocenters. The summed E-state index contributed by atoms with van der Waals surface area (Å²) in [7, 11) is 0. The molecular formula is C18H30Cl2N2. The van der Waals surface area contributed by atoms with Gasteiger partial charge in [-0.3, -0.25) is 4.90 Å². The first-order chi connectivity index (χ1) is 9.66. The molecule has 2 aliphatic heterocycles. The van der Waals surface area contributed by atoms with Crippen molar-refractivity contribution in [2.45, 2.75) is 57.0 Å². The van der Waals surface area contributed by atoms with Crippen molar-refractivity contribution in [1.29, 1.82) is 0 Å². The zero-order valence-corrected chi connectivity index (χ0v) is 15.4. The maximum absolute atomic E-state index is 3.75. The van der Waals surface area contributed by atoms with Crippen LogP contribution >= 0.6 is 24.8 Å². The van der Waals surface area contributed by atoms with E-state index in [1.807, 2.05) is 0 Å². The summed E-state index contributed by atoms with van der Waals surface area (Å²) in [6.45, 7) is 8.41. The maximum Gasteiger partial charge on any atom is 0.0193 e. The van der Waals surface area contributed by atoms with Crippen LogP contribution < -0.4 is 5.32 Å². The van der Waals surface area contributed by atoms with Crippen LogP contribution in [0.5, 0.6) is 0 Å². The Morgan fingerprint density at radius 1 is 1.00 bits per heavy atom. The smallest absolute Gasteiger partial charge is 0.0193 e. The molecule has 0 bridgehead atoms. The van der Waals surface area contributed by atoms with Crippen molar-refractivity contribution in [3.05, 3.63) is 35.9 Å². The highest BCUT2D eigenvalue weighted by Gasteiger charge is 2.38. The zero-order valence-electron chi connectivity index (χ0n) is 13.8. The van der Waals surface area contributed by atoms with E-state index >= 15 is 0 Å². The molecule has 0 aliphatic carbocycles. The molecule has 22 heavy (non-hydrogen) atoms. The van der Waals surface area contributed by atoms with Gasteiger partial charge in [0.2, 0.25) is 0 Å². The number of hydrogen-bond acceptors (Lipinski definition) is 2. The molecule has 0 amide bonds. The fourth-order valence-corrected chi connectivity index (χ4v) is 3.93. The number of likely N-dealkylation sites (tertiary alicyclic amines) is 1. The lowest BCUT2D eigenvalue weighted by atomic mass is 9.78. The summed E-state index contributed by atoms with van der Waals surface area (Å²) in [5.74, 6) is 0.641. The van der Waals surface area contributed by atoms with Crippen molar-refractivity contribution in [3.63, 3.8) is 0 Å². The second-order valence-electron chi connectivity index (χ2n) is 7.15. The van der Waals surface area contributed by atoms with Gasteiger partial charge in [0.1, 0.15) is 0 Å². The largest absolute Gasteiger partial charge is 0.311 e. The van der Waals surface area contributed by atoms with Crippen molar-refractivity contribution < 1.29 is 0 Å². The lowest BCUT2D eigenvalue weighted by Crippen LogP contribution is -2.57. The molecule has 3 rings (SSSR count). The fourth-order valence-electron chi connectivity index (χ4n) is 3.93. The Kier molecular flexibility index (Phi) is 7.67. The van der Waals surface area contributed by atoms with Gasteiger partial charge >= 0.3 is 0 Å². The minimum atomic E-state index is 0. The van der Waals surface area contributed by atoms with E-state index in [1.54, 1.807) is 0 Å². The highest BCUT2D eigenvalue weighted by Crippen LogP contribution is 2.34. The number of rotatable bonds is 2. The van der Waals surface area contributed by atoms with Crippen LogP contribution in [-0.2, 0) is 0 Å². The first-order valence-electron chi connectivity index (χ1n) is 8.20. The van der Waals surface area contributed by atoms with Crippen LogP contribution in [0.15, 0.2) is 30.3 Å². The predicted molar refractivity (Wildman–Crippen MR) is 99.6 cm³/mol. The van der Waals surface area contributed by atoms with E-state index < -0.39 is 0 Å². The van der Waals surface area contributed by atoms with Crippen LogP contribution in [0.4, 0.5) is 0 Å². The van der Waals surface area contributed by atoms with Crippen LogP contribution in [0, 0.1) is 0 Å². The minimum absolute atomic E-state index is 0. The van der Waals surface area contributed by atoms with Gasteiger partial charge in [-0.05, 0) is 51.8 Å². The van der Waals surface area contributed by atoms with E-state index in [0.29, 0.717) is 12.0 Å². The van der Waals surface area contributed by atoms with Crippen molar-refractivity contribution >= 4 is 24.8 Å². The average Bonchev–Trinajstić information content (AvgIpc) is 2.48. The van der Waals surface area contributed by atoms with Gasteiger partial charge in [-0.1, -0.05) is 36.8 Å². The van der Waals surface area contributed by atoms with Gasteiger partial charge in [-0.25, -0.2) is 0 Å². The van der Waals surface area contributed by atoms with Gasteiger partial charge in [0.25, 0.3) is 0 Å². The zero-order chi connectivity index (χ0) is 14.0. The highest BCUT2D eigenvalue weighted by atomic mass is 35.5. The summed E-state index contributed by atoms with van der Waals surface area (Å²) in [5, 5.41) is 3.75. The van der Waals surface area contributed by atoms with Crippen molar-refractivity contribution in [2.75, 3.05) is 19.6 Å². The number of nitrogens with one attached hydrogen (secondary N) is 1. The normalized spacial score (nSPS) is 28.3. The fraction of sp³-hybridized carbons (Fsp3) is 0.667. The highest BCUT2D eigenvalue weighted by molar-refractivity contribution is 5.85. The molecule has 2 fully saturated rings. The maximum atomic E-state index is 3.75. The summed E-state index contributed by atoms with van der Waals surface area (Å²) in [6.07, 6.45) is 5.44. The second kappa shape index (κ2) is 8.54. The summed E-state index contributed by atoms with van der Waals surface area (Å²) in [6, 6.07) is 11.8. The molecule has 2 saturated heterocycles. The Labute approximate surface area is 147 Å². The molecule has 1 N–H and O–H groups in total. The molecule has 4 heteroatoms. The molecule has 2 heterocycles. The molecule has 0 aromatic heterocycles. The van der Waals surface area contributed by atoms with Gasteiger partial charge in [0.15, 0.2) is 0 Å². The van der Waals surface area contributed by atoms with E-state index in [1.165, 1.54) is 44.3 Å². The van der Waals surface area contributed by atoms with Crippen molar-refractivity contribution in [3.8, 4) is 0 Å². The molecule has 0 saturated carbocycles. The number of benzene rings is 1. The van der Waals surface area contributed by atoms with Gasteiger partial charge in [0, 0.05) is 24.0 Å². The first kappa shape index (κ1) is 19.8. The lowest BCUT2D eigenvalue weighted by molar-refractivity contribution is 0.0835. The first-order valence-corrected chi connectivity index (χ1v) is 8.20. The number of halogens is 2. The van der Waals surface area contributed by atoms with E-state index in [9.17, 15) is 0 Å². The molecule has 0 spiro atoms. The van der Waals surface area contributed by atoms with Crippen molar-refractivity contribution in [1.82, 2.24) is 10.2 Å². The molecule has 0 radical (unpaired) electrons. The Hall–Kier alpha value is -0.280. The third-order valence-corrected chi connectivity index (χ3v) is 5.07. The molecule has 2 unspecified atom stereocenters. The van der Waals surface area contributed by atoms with Crippen LogP contribution in [0.25, 0.3) is 0 Å². The summed E-state index contributed by atoms with van der Waals surface area (Å²) in [4.78, 5) is 2.77. The predicted octanol–water partition coefficient (Wildman–Crippen LogP) is 4.24. The third-order valence-electron chi connectivity index (χ3n) is 5.07. The topological polar surface area (TPSA) is 15.3 Å². The van der Waals surface area contributed by atoms with Gasteiger partial charge in [-0.2, -0.15) is 0 Å². The average molecular weight is 345 g/mol. The van der Waals surface area contributed by atoms with E-state index in [0.717, 1.165) is 6.54 Å². The Bertz CT molecular complexity index is 430. The van der Waals surface area contributed by atoms with E-state index in [2.05, 4.69) is 54.4 Å². The number of hydrogen-bond donors (Lipinski definition) is 1. The molecule has 2 nitrogen and oxygen atoms in total. The molecule has 126 valence electrons. The Balaban J connectivity index is 0.00000121. The molecule has 2 aliphatic rings. The lowest BCUT2D eigenvalue weighted by Gasteiger charge is -2.48. The molecule has 1 aromatic rings. The van der Waals surface area contributed by atoms with E-state index in [-0.39, 0.29) is 30.4 Å². The second-order valence-corrected chi connectivity index (χ2v) is 7.15. The van der Waals surface area contributed by atoms with Crippen LogP contribution in [-0.4, -0.2) is 36.1 Å². The SMILES string of the molecule is CC1(C)CC(N2CCCCC2)C(c2ccccc2)CN1.Cl.Cl. The van der Waals surface area contributed by atoms with E-state index in [4.69, 9.17) is 0 Å². The van der Waals surface area contributed by atoms with Crippen LogP contribution in [0.2, 0.25) is 0 Å². The third kappa shape index (κ3) is 4.61. The Morgan fingerprint density at radius 3 is 2.27 bits per heavy atom. The monoisotopic (exact) mass is 344 g/mol. The minimum Gasteiger partial charge on any atom is -0.311 e. The summed E-state index contributed by atoms with van der Waals surface area (Å²) >= 11 is 0. The number of piperidine rings is 2. The molecule has 1 aromatic carbocycles. The number of nitrogens with zero attached hydrogens (tertiary/aromatic N) is 1. The summed E-state index contributed by atoms with van der Waals surface area (Å²) < 4.78 is 0. The van der Waals surface area contributed by atoms with Gasteiger partial charge in [-0.15, -0.1) is 24.8 Å². The van der Waals surface area contributed by atoms with Crippen LogP contribution in [0.3, 0.4) is 0 Å². The van der Waals surface area contributed by atoms with Crippen molar-refractivity contribution in [2.24, 2.45) is 0 Å².